The van der Waals surface area contributed by atoms with Crippen LogP contribution in [0.1, 0.15) is 32.3 Å². The van der Waals surface area contributed by atoms with Crippen LogP contribution in [-0.4, -0.2) is 51.4 Å². The van der Waals surface area contributed by atoms with E-state index in [1.807, 2.05) is 6.92 Å². The summed E-state index contributed by atoms with van der Waals surface area (Å²) in [6.07, 6.45) is 1.72. The normalized spacial score (nSPS) is 11.9. The fraction of sp³-hybridized carbons (Fsp3) is 0.310. The first-order chi connectivity index (χ1) is 18.7. The van der Waals surface area contributed by atoms with Gasteiger partial charge in [0.05, 0.1) is 17.7 Å². The number of carbonyl (C=O) groups excluding carboxylic acids is 2. The lowest BCUT2D eigenvalue weighted by atomic mass is 10.1. The van der Waals surface area contributed by atoms with Gasteiger partial charge >= 0.3 is 0 Å². The lowest BCUT2D eigenvalue weighted by molar-refractivity contribution is -0.139. The Morgan fingerprint density at radius 2 is 1.69 bits per heavy atom. The molecule has 0 saturated carbocycles. The van der Waals surface area contributed by atoms with Crippen LogP contribution in [0.3, 0.4) is 0 Å². The zero-order valence-electron chi connectivity index (χ0n) is 22.3. The highest BCUT2D eigenvalue weighted by Gasteiger charge is 2.32. The van der Waals surface area contributed by atoms with Gasteiger partial charge in [-0.3, -0.25) is 13.9 Å². The van der Waals surface area contributed by atoms with Crippen LogP contribution >= 0.6 is 11.6 Å². The number of anilines is 1. The number of carbonyl (C=O) groups is 2. The van der Waals surface area contributed by atoms with Crippen molar-refractivity contribution in [2.75, 3.05) is 24.5 Å². The Balaban J connectivity index is 1.98. The maximum absolute atomic E-state index is 13.9. The number of sulfonamides is 1. The molecule has 0 aliphatic carbocycles. The molecule has 0 spiro atoms. The summed E-state index contributed by atoms with van der Waals surface area (Å²) in [4.78, 5) is 28.3. The van der Waals surface area contributed by atoms with E-state index in [4.69, 9.17) is 16.3 Å². The molecule has 1 N–H and O–H groups in total. The minimum Gasteiger partial charge on any atom is -0.497 e. The fourth-order valence-electron chi connectivity index (χ4n) is 3.93. The van der Waals surface area contributed by atoms with E-state index in [2.05, 4.69) is 5.32 Å². The summed E-state index contributed by atoms with van der Waals surface area (Å²) in [6, 6.07) is 20.5. The van der Waals surface area contributed by atoms with E-state index in [9.17, 15) is 18.0 Å². The van der Waals surface area contributed by atoms with Crippen LogP contribution < -0.4 is 14.4 Å². The van der Waals surface area contributed by atoms with Gasteiger partial charge < -0.3 is 15.0 Å². The molecule has 0 aromatic heterocycles. The molecule has 0 aliphatic heterocycles. The Bertz CT molecular complexity index is 1350. The van der Waals surface area contributed by atoms with Crippen LogP contribution in [-0.2, 0) is 26.2 Å². The van der Waals surface area contributed by atoms with Crippen molar-refractivity contribution in [3.63, 3.8) is 0 Å². The van der Waals surface area contributed by atoms with Gasteiger partial charge in [0.15, 0.2) is 0 Å². The Kier molecular flexibility index (Phi) is 10.8. The SMILES string of the molecule is CCCCNC(=O)[C@@H](C)N(Cc1ccc(OC)cc1)C(=O)CN(c1cccc(Cl)c1)S(=O)(=O)c1ccccc1. The molecule has 0 aliphatic rings. The number of nitrogens with one attached hydrogen (secondary N) is 1. The van der Waals surface area contributed by atoms with Crippen molar-refractivity contribution < 1.29 is 22.7 Å². The minimum atomic E-state index is -4.13. The molecule has 0 heterocycles. The van der Waals surface area contributed by atoms with Gasteiger partial charge in [-0.05, 0) is 61.4 Å². The fourth-order valence-corrected chi connectivity index (χ4v) is 5.54. The van der Waals surface area contributed by atoms with Crippen molar-refractivity contribution in [2.45, 2.75) is 44.2 Å². The summed E-state index contributed by atoms with van der Waals surface area (Å²) in [7, 11) is -2.57. The topological polar surface area (TPSA) is 96.0 Å². The van der Waals surface area contributed by atoms with Crippen molar-refractivity contribution in [2.24, 2.45) is 0 Å². The highest BCUT2D eigenvalue weighted by Crippen LogP contribution is 2.27. The third-order valence-electron chi connectivity index (χ3n) is 6.22. The number of hydrogen-bond donors (Lipinski definition) is 1. The molecule has 0 radical (unpaired) electrons. The van der Waals surface area contributed by atoms with Crippen LogP contribution in [0.2, 0.25) is 5.02 Å². The second kappa shape index (κ2) is 14.0. The first-order valence-electron chi connectivity index (χ1n) is 12.7. The highest BCUT2D eigenvalue weighted by atomic mass is 35.5. The van der Waals surface area contributed by atoms with Gasteiger partial charge in [0.2, 0.25) is 11.8 Å². The summed E-state index contributed by atoms with van der Waals surface area (Å²) in [6.45, 7) is 3.71. The van der Waals surface area contributed by atoms with Crippen molar-refractivity contribution in [3.8, 4) is 5.75 Å². The van der Waals surface area contributed by atoms with Gasteiger partial charge in [-0.15, -0.1) is 0 Å². The first kappa shape index (κ1) is 30.0. The largest absolute Gasteiger partial charge is 0.497 e. The molecule has 0 unspecified atom stereocenters. The average molecular weight is 572 g/mol. The van der Waals surface area contributed by atoms with Crippen LogP contribution in [0.5, 0.6) is 5.75 Å². The van der Waals surface area contributed by atoms with E-state index >= 15 is 0 Å². The van der Waals surface area contributed by atoms with E-state index in [0.29, 0.717) is 17.3 Å². The number of halogens is 1. The standard InChI is InChI=1S/C29H34ClN3O5S/c1-4-5-18-31-29(35)22(2)32(20-23-14-16-26(38-3)17-15-23)28(34)21-33(25-11-9-10-24(30)19-25)39(36,37)27-12-7-6-8-13-27/h6-17,19,22H,4-5,18,20-21H2,1-3H3,(H,31,35)/t22-/m1/s1. The van der Waals surface area contributed by atoms with Crippen LogP contribution in [0.15, 0.2) is 83.8 Å². The molecular weight excluding hydrogens is 538 g/mol. The molecule has 3 rings (SSSR count). The number of benzene rings is 3. The second-order valence-electron chi connectivity index (χ2n) is 8.99. The van der Waals surface area contributed by atoms with Crippen molar-refractivity contribution >= 4 is 39.1 Å². The molecule has 39 heavy (non-hydrogen) atoms. The lowest BCUT2D eigenvalue weighted by Crippen LogP contribution is -2.51. The Hall–Kier alpha value is -3.56. The summed E-state index contributed by atoms with van der Waals surface area (Å²) >= 11 is 6.19. The molecular formula is C29H34ClN3O5S. The molecule has 10 heteroatoms. The monoisotopic (exact) mass is 571 g/mol. The third kappa shape index (κ3) is 7.97. The number of rotatable bonds is 13. The number of methoxy groups -OCH3 is 1. The molecule has 2 amide bonds. The molecule has 3 aromatic rings. The highest BCUT2D eigenvalue weighted by molar-refractivity contribution is 7.92. The van der Waals surface area contributed by atoms with E-state index in [-0.39, 0.29) is 23.0 Å². The molecule has 3 aromatic carbocycles. The van der Waals surface area contributed by atoms with Gasteiger partial charge in [0.1, 0.15) is 18.3 Å². The Labute approximate surface area is 235 Å². The summed E-state index contributed by atoms with van der Waals surface area (Å²) in [5.74, 6) is -0.197. The molecule has 0 saturated heterocycles. The number of amides is 2. The number of hydrogen-bond acceptors (Lipinski definition) is 5. The minimum absolute atomic E-state index is 0.0323. The van der Waals surface area contributed by atoms with Gasteiger partial charge in [-0.1, -0.05) is 61.3 Å². The van der Waals surface area contributed by atoms with Crippen molar-refractivity contribution in [1.82, 2.24) is 10.2 Å². The Morgan fingerprint density at radius 3 is 2.31 bits per heavy atom. The predicted molar refractivity (Wildman–Crippen MR) is 153 cm³/mol. The second-order valence-corrected chi connectivity index (χ2v) is 11.3. The van der Waals surface area contributed by atoms with E-state index in [1.54, 1.807) is 74.7 Å². The maximum Gasteiger partial charge on any atom is 0.264 e. The van der Waals surface area contributed by atoms with Crippen LogP contribution in [0.25, 0.3) is 0 Å². The Morgan fingerprint density at radius 1 is 1.00 bits per heavy atom. The summed E-state index contributed by atoms with van der Waals surface area (Å²) in [5, 5.41) is 3.20. The third-order valence-corrected chi connectivity index (χ3v) is 8.24. The van der Waals surface area contributed by atoms with Gasteiger partial charge in [-0.2, -0.15) is 0 Å². The zero-order chi connectivity index (χ0) is 28.4. The molecule has 0 fully saturated rings. The lowest BCUT2D eigenvalue weighted by Gasteiger charge is -2.32. The van der Waals surface area contributed by atoms with E-state index in [1.165, 1.54) is 23.1 Å². The molecule has 0 bridgehead atoms. The van der Waals surface area contributed by atoms with Crippen molar-refractivity contribution in [3.05, 3.63) is 89.4 Å². The maximum atomic E-state index is 13.9. The van der Waals surface area contributed by atoms with Crippen LogP contribution in [0, 0.1) is 0 Å². The number of unbranched alkanes of at least 4 members (excludes halogenated alkanes) is 1. The smallest absolute Gasteiger partial charge is 0.264 e. The first-order valence-corrected chi connectivity index (χ1v) is 14.5. The molecule has 8 nitrogen and oxygen atoms in total. The average Bonchev–Trinajstić information content (AvgIpc) is 2.94. The molecule has 1 atom stereocenters. The predicted octanol–water partition coefficient (Wildman–Crippen LogP) is 4.88. The van der Waals surface area contributed by atoms with E-state index in [0.717, 1.165) is 22.7 Å². The number of ether oxygens (including phenoxy) is 1. The van der Waals surface area contributed by atoms with Gasteiger partial charge in [0, 0.05) is 18.1 Å². The molecule has 208 valence electrons. The van der Waals surface area contributed by atoms with Gasteiger partial charge in [0.25, 0.3) is 10.0 Å². The van der Waals surface area contributed by atoms with Gasteiger partial charge in [-0.25, -0.2) is 8.42 Å². The zero-order valence-corrected chi connectivity index (χ0v) is 23.9. The van der Waals surface area contributed by atoms with Crippen molar-refractivity contribution in [1.29, 1.82) is 0 Å². The number of nitrogens with zero attached hydrogens (tertiary/aromatic N) is 2. The summed E-state index contributed by atoms with van der Waals surface area (Å²) < 4.78 is 33.7. The van der Waals surface area contributed by atoms with Crippen LogP contribution in [0.4, 0.5) is 5.69 Å². The quantitative estimate of drug-likeness (QED) is 0.295. The summed E-state index contributed by atoms with van der Waals surface area (Å²) in [5.41, 5.74) is 1.00. The van der Waals surface area contributed by atoms with E-state index < -0.39 is 28.5 Å².